The Hall–Kier alpha value is -0.120. The molecule has 0 bridgehead atoms. The van der Waals surface area contributed by atoms with Gasteiger partial charge in [-0.2, -0.15) is 0 Å². The van der Waals surface area contributed by atoms with Crippen LogP contribution in [0.4, 0.5) is 0 Å². The Morgan fingerprint density at radius 3 is 1.67 bits per heavy atom. The fraction of sp³-hybridized carbons (Fsp3) is 1.00. The molecule has 0 aliphatic carbocycles. The minimum absolute atomic E-state index is 0.144. The molecule has 0 rings (SSSR count). The van der Waals surface area contributed by atoms with Gasteiger partial charge in [0.2, 0.25) is 0 Å². The zero-order chi connectivity index (χ0) is 7.44. The molecule has 0 heterocycles. The van der Waals surface area contributed by atoms with Crippen LogP contribution in [0, 0.1) is 5.92 Å². The molecule has 0 amide bonds. The molecule has 0 aromatic rings. The summed E-state index contributed by atoms with van der Waals surface area (Å²) in [5, 5.41) is 0. The first-order valence-corrected chi connectivity index (χ1v) is 3.30. The van der Waals surface area contributed by atoms with Crippen molar-refractivity contribution in [2.45, 2.75) is 32.5 Å². The monoisotopic (exact) mass is 131 g/mol. The minimum Gasteiger partial charge on any atom is -0.327 e. The lowest BCUT2D eigenvalue weighted by Crippen LogP contribution is -2.39. The molecular formula is C6H17N3. The van der Waals surface area contributed by atoms with Crippen LogP contribution in [0.25, 0.3) is 0 Å². The van der Waals surface area contributed by atoms with Crippen molar-refractivity contribution in [3.63, 3.8) is 0 Å². The van der Waals surface area contributed by atoms with Gasteiger partial charge in [-0.05, 0) is 12.3 Å². The van der Waals surface area contributed by atoms with E-state index in [-0.39, 0.29) is 12.2 Å². The molecule has 9 heavy (non-hydrogen) atoms. The van der Waals surface area contributed by atoms with Gasteiger partial charge in [-0.3, -0.25) is 0 Å². The molecule has 3 heteroatoms. The molecule has 3 nitrogen and oxygen atoms in total. The van der Waals surface area contributed by atoms with E-state index in [0.717, 1.165) is 0 Å². The lowest BCUT2D eigenvalue weighted by molar-refractivity contribution is 0.429. The van der Waals surface area contributed by atoms with Gasteiger partial charge in [0.05, 0.1) is 6.17 Å². The van der Waals surface area contributed by atoms with Crippen molar-refractivity contribution in [1.29, 1.82) is 0 Å². The van der Waals surface area contributed by atoms with Crippen molar-refractivity contribution < 1.29 is 0 Å². The lowest BCUT2D eigenvalue weighted by Gasteiger charge is -2.16. The van der Waals surface area contributed by atoms with E-state index >= 15 is 0 Å². The van der Waals surface area contributed by atoms with Crippen molar-refractivity contribution in [2.24, 2.45) is 23.1 Å². The fourth-order valence-electron chi connectivity index (χ4n) is 0.586. The van der Waals surface area contributed by atoms with Gasteiger partial charge in [0.25, 0.3) is 0 Å². The van der Waals surface area contributed by atoms with Crippen molar-refractivity contribution in [3.05, 3.63) is 0 Å². The van der Waals surface area contributed by atoms with Crippen LogP contribution in [0.5, 0.6) is 0 Å². The second-order valence-corrected chi connectivity index (χ2v) is 2.81. The van der Waals surface area contributed by atoms with Crippen LogP contribution < -0.4 is 17.2 Å². The minimum atomic E-state index is -0.262. The third-order valence-electron chi connectivity index (χ3n) is 1.40. The number of hydrogen-bond donors (Lipinski definition) is 3. The number of nitrogens with two attached hydrogens (primary N) is 3. The maximum Gasteiger partial charge on any atom is 0.0535 e. The lowest BCUT2D eigenvalue weighted by atomic mass is 10.0. The zero-order valence-electron chi connectivity index (χ0n) is 6.17. The standard InChI is InChI=1S/C6H17N3/c1-4(2)5(7)3-6(8)9/h4-6H,3,7-9H2,1-2H3. The number of hydrogen-bond acceptors (Lipinski definition) is 3. The molecule has 0 radical (unpaired) electrons. The van der Waals surface area contributed by atoms with Gasteiger partial charge in [0, 0.05) is 6.04 Å². The average molecular weight is 131 g/mol. The first-order chi connectivity index (χ1) is 4.04. The van der Waals surface area contributed by atoms with Gasteiger partial charge in [0.15, 0.2) is 0 Å². The summed E-state index contributed by atoms with van der Waals surface area (Å²) in [6, 6.07) is 0.144. The second-order valence-electron chi connectivity index (χ2n) is 2.81. The van der Waals surface area contributed by atoms with Crippen LogP contribution in [0.1, 0.15) is 20.3 Å². The van der Waals surface area contributed by atoms with Crippen LogP contribution >= 0.6 is 0 Å². The van der Waals surface area contributed by atoms with Gasteiger partial charge in [-0.1, -0.05) is 13.8 Å². The fourth-order valence-corrected chi connectivity index (χ4v) is 0.586. The van der Waals surface area contributed by atoms with Crippen molar-refractivity contribution in [2.75, 3.05) is 0 Å². The van der Waals surface area contributed by atoms with Crippen LogP contribution in [0.3, 0.4) is 0 Å². The molecular weight excluding hydrogens is 114 g/mol. The Balaban J connectivity index is 3.38. The quantitative estimate of drug-likeness (QED) is 0.456. The van der Waals surface area contributed by atoms with Gasteiger partial charge in [-0.15, -0.1) is 0 Å². The highest BCUT2D eigenvalue weighted by molar-refractivity contribution is 4.68. The molecule has 0 aromatic heterocycles. The Morgan fingerprint density at radius 1 is 1.11 bits per heavy atom. The Bertz CT molecular complexity index is 70.7. The molecule has 0 saturated heterocycles. The van der Waals surface area contributed by atoms with Crippen LogP contribution in [0.15, 0.2) is 0 Å². The third kappa shape index (κ3) is 4.39. The summed E-state index contributed by atoms with van der Waals surface area (Å²) < 4.78 is 0. The molecule has 0 aliphatic rings. The van der Waals surface area contributed by atoms with Crippen molar-refractivity contribution in [3.8, 4) is 0 Å². The molecule has 0 aliphatic heterocycles. The predicted octanol–water partition coefficient (Wildman–Crippen LogP) is -0.397. The molecule has 0 saturated carbocycles. The Kier molecular flexibility index (Phi) is 3.77. The normalized spacial score (nSPS) is 15.0. The van der Waals surface area contributed by atoms with Crippen molar-refractivity contribution in [1.82, 2.24) is 0 Å². The Labute approximate surface area is 56.6 Å². The van der Waals surface area contributed by atoms with E-state index in [4.69, 9.17) is 17.2 Å². The number of rotatable bonds is 3. The predicted molar refractivity (Wildman–Crippen MR) is 39.6 cm³/mol. The first kappa shape index (κ1) is 8.88. The van der Waals surface area contributed by atoms with Crippen LogP contribution in [-0.2, 0) is 0 Å². The summed E-state index contributed by atoms with van der Waals surface area (Å²) in [5.74, 6) is 0.472. The smallest absolute Gasteiger partial charge is 0.0535 e. The maximum absolute atomic E-state index is 5.66. The summed E-state index contributed by atoms with van der Waals surface area (Å²) in [7, 11) is 0. The van der Waals surface area contributed by atoms with Gasteiger partial charge < -0.3 is 17.2 Å². The topological polar surface area (TPSA) is 78.1 Å². The van der Waals surface area contributed by atoms with E-state index in [9.17, 15) is 0 Å². The van der Waals surface area contributed by atoms with E-state index in [1.807, 2.05) is 0 Å². The van der Waals surface area contributed by atoms with E-state index in [2.05, 4.69) is 13.8 Å². The molecule has 6 N–H and O–H groups in total. The Morgan fingerprint density at radius 2 is 1.56 bits per heavy atom. The largest absolute Gasteiger partial charge is 0.327 e. The van der Waals surface area contributed by atoms with E-state index in [0.29, 0.717) is 12.3 Å². The molecule has 0 aromatic carbocycles. The molecule has 0 spiro atoms. The molecule has 1 atom stereocenters. The summed E-state index contributed by atoms with van der Waals surface area (Å²) in [4.78, 5) is 0. The maximum atomic E-state index is 5.66. The van der Waals surface area contributed by atoms with Gasteiger partial charge in [-0.25, -0.2) is 0 Å². The van der Waals surface area contributed by atoms with Gasteiger partial charge >= 0.3 is 0 Å². The van der Waals surface area contributed by atoms with Crippen LogP contribution in [-0.4, -0.2) is 12.2 Å². The van der Waals surface area contributed by atoms with E-state index < -0.39 is 0 Å². The highest BCUT2D eigenvalue weighted by atomic mass is 14.9. The van der Waals surface area contributed by atoms with Crippen LogP contribution in [0.2, 0.25) is 0 Å². The third-order valence-corrected chi connectivity index (χ3v) is 1.40. The zero-order valence-corrected chi connectivity index (χ0v) is 6.17. The second kappa shape index (κ2) is 3.82. The molecule has 1 unspecified atom stereocenters. The summed E-state index contributed by atoms with van der Waals surface area (Å²) in [6.07, 6.45) is 0.444. The van der Waals surface area contributed by atoms with Gasteiger partial charge in [0.1, 0.15) is 0 Å². The molecule has 56 valence electrons. The average Bonchev–Trinajstić information content (AvgIpc) is 1.63. The molecule has 0 fully saturated rings. The van der Waals surface area contributed by atoms with E-state index in [1.54, 1.807) is 0 Å². The first-order valence-electron chi connectivity index (χ1n) is 3.30. The van der Waals surface area contributed by atoms with Crippen molar-refractivity contribution >= 4 is 0 Å². The summed E-state index contributed by atoms with van der Waals surface area (Å²) in [6.45, 7) is 4.13. The SMILES string of the molecule is CC(C)C(N)CC(N)N. The highest BCUT2D eigenvalue weighted by Crippen LogP contribution is 2.01. The summed E-state index contributed by atoms with van der Waals surface area (Å²) in [5.41, 5.74) is 16.3. The highest BCUT2D eigenvalue weighted by Gasteiger charge is 2.08. The van der Waals surface area contributed by atoms with E-state index in [1.165, 1.54) is 0 Å². The summed E-state index contributed by atoms with van der Waals surface area (Å²) >= 11 is 0.